The first kappa shape index (κ1) is 13.5. The van der Waals surface area contributed by atoms with Crippen LogP contribution in [-0.2, 0) is 4.74 Å². The predicted octanol–water partition coefficient (Wildman–Crippen LogP) is 0.00490. The molecule has 0 spiro atoms. The SMILES string of the molecule is CNC(=O)O[C@@H]1CC[C@@H](N)[C@H](O)C1.Cl. The van der Waals surface area contributed by atoms with Gasteiger partial charge in [0.15, 0.2) is 0 Å². The third kappa shape index (κ3) is 3.69. The molecular weight excluding hydrogens is 208 g/mol. The highest BCUT2D eigenvalue weighted by Gasteiger charge is 2.28. The lowest BCUT2D eigenvalue weighted by atomic mass is 9.91. The molecule has 0 aromatic heterocycles. The maximum atomic E-state index is 10.8. The summed E-state index contributed by atoms with van der Waals surface area (Å²) in [6, 6.07) is -0.176. The zero-order valence-electron chi connectivity index (χ0n) is 8.10. The fourth-order valence-electron chi connectivity index (χ4n) is 1.45. The lowest BCUT2D eigenvalue weighted by molar-refractivity contribution is 0.0134. The van der Waals surface area contributed by atoms with Gasteiger partial charge in [0.05, 0.1) is 6.10 Å². The summed E-state index contributed by atoms with van der Waals surface area (Å²) in [6.45, 7) is 0. The Morgan fingerprint density at radius 3 is 2.71 bits per heavy atom. The number of hydrogen-bond acceptors (Lipinski definition) is 4. The molecule has 1 amide bonds. The average molecular weight is 225 g/mol. The Labute approximate surface area is 89.4 Å². The molecule has 1 aliphatic rings. The van der Waals surface area contributed by atoms with Gasteiger partial charge in [-0.1, -0.05) is 0 Å². The number of hydrogen-bond donors (Lipinski definition) is 3. The summed E-state index contributed by atoms with van der Waals surface area (Å²) in [7, 11) is 1.51. The van der Waals surface area contributed by atoms with Crippen molar-refractivity contribution in [2.45, 2.75) is 37.5 Å². The van der Waals surface area contributed by atoms with Gasteiger partial charge in [0.2, 0.25) is 0 Å². The Morgan fingerprint density at radius 1 is 1.57 bits per heavy atom. The van der Waals surface area contributed by atoms with Crippen LogP contribution in [-0.4, -0.2) is 36.5 Å². The number of nitrogens with one attached hydrogen (secondary N) is 1. The van der Waals surface area contributed by atoms with E-state index >= 15 is 0 Å². The number of ether oxygens (including phenoxy) is 1. The van der Waals surface area contributed by atoms with Gasteiger partial charge < -0.3 is 20.9 Å². The number of aliphatic hydroxyl groups excluding tert-OH is 1. The zero-order valence-corrected chi connectivity index (χ0v) is 8.92. The van der Waals surface area contributed by atoms with Crippen molar-refractivity contribution in [3.8, 4) is 0 Å². The Kier molecular flexibility index (Phi) is 5.83. The molecule has 0 aliphatic heterocycles. The first-order valence-corrected chi connectivity index (χ1v) is 4.45. The molecular formula is C8H17ClN2O3. The van der Waals surface area contributed by atoms with Crippen LogP contribution in [0, 0.1) is 0 Å². The van der Waals surface area contributed by atoms with Gasteiger partial charge >= 0.3 is 6.09 Å². The van der Waals surface area contributed by atoms with E-state index in [-0.39, 0.29) is 24.6 Å². The van der Waals surface area contributed by atoms with Crippen LogP contribution < -0.4 is 11.1 Å². The molecule has 0 unspecified atom stereocenters. The number of carbonyl (C=O) groups is 1. The van der Waals surface area contributed by atoms with Crippen molar-refractivity contribution < 1.29 is 14.6 Å². The monoisotopic (exact) mass is 224 g/mol. The van der Waals surface area contributed by atoms with Crippen molar-refractivity contribution in [2.24, 2.45) is 5.73 Å². The average Bonchev–Trinajstić information content (AvgIpc) is 2.11. The number of nitrogens with two attached hydrogens (primary N) is 1. The number of rotatable bonds is 1. The fourth-order valence-corrected chi connectivity index (χ4v) is 1.45. The van der Waals surface area contributed by atoms with Gasteiger partial charge in [0.25, 0.3) is 0 Å². The van der Waals surface area contributed by atoms with Crippen LogP contribution in [0.5, 0.6) is 0 Å². The molecule has 6 heteroatoms. The minimum Gasteiger partial charge on any atom is -0.446 e. The third-order valence-electron chi connectivity index (χ3n) is 2.30. The lowest BCUT2D eigenvalue weighted by Gasteiger charge is -2.30. The topological polar surface area (TPSA) is 84.6 Å². The Balaban J connectivity index is 0.00000169. The van der Waals surface area contributed by atoms with Gasteiger partial charge in [-0.3, -0.25) is 0 Å². The van der Waals surface area contributed by atoms with Crippen molar-refractivity contribution >= 4 is 18.5 Å². The zero-order chi connectivity index (χ0) is 9.84. The molecule has 1 rings (SSSR count). The summed E-state index contributed by atoms with van der Waals surface area (Å²) < 4.78 is 4.99. The molecule has 0 radical (unpaired) electrons. The van der Waals surface area contributed by atoms with E-state index in [2.05, 4.69) is 5.32 Å². The number of carbonyl (C=O) groups excluding carboxylic acids is 1. The highest BCUT2D eigenvalue weighted by Crippen LogP contribution is 2.20. The van der Waals surface area contributed by atoms with E-state index < -0.39 is 12.2 Å². The molecule has 1 fully saturated rings. The molecule has 1 aliphatic carbocycles. The van der Waals surface area contributed by atoms with Crippen molar-refractivity contribution in [1.82, 2.24) is 5.32 Å². The van der Waals surface area contributed by atoms with Crippen molar-refractivity contribution in [3.05, 3.63) is 0 Å². The smallest absolute Gasteiger partial charge is 0.407 e. The van der Waals surface area contributed by atoms with Crippen LogP contribution in [0.3, 0.4) is 0 Å². The second-order valence-corrected chi connectivity index (χ2v) is 3.32. The van der Waals surface area contributed by atoms with Crippen molar-refractivity contribution in [2.75, 3.05) is 7.05 Å². The van der Waals surface area contributed by atoms with Gasteiger partial charge in [-0.2, -0.15) is 0 Å². The van der Waals surface area contributed by atoms with Crippen LogP contribution in [0.15, 0.2) is 0 Å². The van der Waals surface area contributed by atoms with E-state index in [1.54, 1.807) is 0 Å². The Bertz CT molecular complexity index is 191. The summed E-state index contributed by atoms with van der Waals surface area (Å²) in [5, 5.41) is 11.8. The van der Waals surface area contributed by atoms with Gasteiger partial charge in [-0.05, 0) is 12.8 Å². The number of aliphatic hydroxyl groups is 1. The van der Waals surface area contributed by atoms with Crippen LogP contribution in [0.1, 0.15) is 19.3 Å². The van der Waals surface area contributed by atoms with Gasteiger partial charge in [-0.15, -0.1) is 12.4 Å². The first-order valence-electron chi connectivity index (χ1n) is 4.45. The molecule has 0 aromatic rings. The predicted molar refractivity (Wildman–Crippen MR) is 54.4 cm³/mol. The van der Waals surface area contributed by atoms with Gasteiger partial charge in [-0.25, -0.2) is 4.79 Å². The van der Waals surface area contributed by atoms with E-state index in [4.69, 9.17) is 10.5 Å². The lowest BCUT2D eigenvalue weighted by Crippen LogP contribution is -2.43. The van der Waals surface area contributed by atoms with E-state index in [1.165, 1.54) is 7.05 Å². The quantitative estimate of drug-likeness (QED) is 0.586. The maximum Gasteiger partial charge on any atom is 0.407 e. The minimum atomic E-state index is -0.552. The van der Waals surface area contributed by atoms with Crippen molar-refractivity contribution in [1.29, 1.82) is 0 Å². The Hall–Kier alpha value is -0.520. The number of alkyl carbamates (subject to hydrolysis) is 1. The summed E-state index contributed by atoms with van der Waals surface area (Å²) in [5.41, 5.74) is 5.60. The second kappa shape index (κ2) is 6.06. The molecule has 0 bridgehead atoms. The third-order valence-corrected chi connectivity index (χ3v) is 2.30. The highest BCUT2D eigenvalue weighted by atomic mass is 35.5. The van der Waals surface area contributed by atoms with Crippen LogP contribution >= 0.6 is 12.4 Å². The Morgan fingerprint density at radius 2 is 2.21 bits per heavy atom. The molecule has 1 saturated carbocycles. The molecule has 84 valence electrons. The molecule has 14 heavy (non-hydrogen) atoms. The summed E-state index contributed by atoms with van der Waals surface area (Å²) in [4.78, 5) is 10.8. The standard InChI is InChI=1S/C8H16N2O3.ClH/c1-10-8(12)13-5-2-3-6(9)7(11)4-5;/h5-7,11H,2-4,9H2,1H3,(H,10,12);1H/t5-,6-,7-;/m1./s1. The van der Waals surface area contributed by atoms with Crippen LogP contribution in [0.4, 0.5) is 4.79 Å². The normalized spacial score (nSPS) is 31.5. The van der Waals surface area contributed by atoms with Crippen molar-refractivity contribution in [3.63, 3.8) is 0 Å². The minimum absolute atomic E-state index is 0. The second-order valence-electron chi connectivity index (χ2n) is 3.32. The summed E-state index contributed by atoms with van der Waals surface area (Å²) >= 11 is 0. The molecule has 5 nitrogen and oxygen atoms in total. The van der Waals surface area contributed by atoms with E-state index in [9.17, 15) is 9.90 Å². The van der Waals surface area contributed by atoms with Crippen LogP contribution in [0.25, 0.3) is 0 Å². The highest BCUT2D eigenvalue weighted by molar-refractivity contribution is 5.85. The van der Waals surface area contributed by atoms with E-state index in [0.717, 1.165) is 6.42 Å². The fraction of sp³-hybridized carbons (Fsp3) is 0.875. The molecule has 4 N–H and O–H groups in total. The molecule has 0 aromatic carbocycles. The largest absolute Gasteiger partial charge is 0.446 e. The first-order chi connectivity index (χ1) is 6.13. The van der Waals surface area contributed by atoms with E-state index in [1.807, 2.05) is 0 Å². The van der Waals surface area contributed by atoms with Gasteiger partial charge in [0, 0.05) is 19.5 Å². The summed E-state index contributed by atoms with van der Waals surface area (Å²) in [6.07, 6.45) is 0.661. The van der Waals surface area contributed by atoms with Gasteiger partial charge in [0.1, 0.15) is 6.10 Å². The summed E-state index contributed by atoms with van der Waals surface area (Å²) in [5.74, 6) is 0. The molecule has 0 heterocycles. The maximum absolute atomic E-state index is 10.8. The van der Waals surface area contributed by atoms with E-state index in [0.29, 0.717) is 12.8 Å². The van der Waals surface area contributed by atoms with Crippen LogP contribution in [0.2, 0.25) is 0 Å². The number of halogens is 1. The number of amides is 1. The molecule has 3 atom stereocenters. The molecule has 0 saturated heterocycles.